The minimum Gasteiger partial charge on any atom is -0.392 e. The number of nitrogens with zero attached hydrogens (tertiary/aromatic N) is 3. The van der Waals surface area contributed by atoms with Gasteiger partial charge < -0.3 is 15.3 Å². The van der Waals surface area contributed by atoms with Gasteiger partial charge in [0.15, 0.2) is 0 Å². The first kappa shape index (κ1) is 19.9. The second-order valence-corrected chi connectivity index (χ2v) is 9.87. The van der Waals surface area contributed by atoms with Gasteiger partial charge in [0.1, 0.15) is 17.0 Å². The number of anilines is 1. The van der Waals surface area contributed by atoms with Crippen LogP contribution in [0.15, 0.2) is 36.7 Å². The third-order valence-corrected chi connectivity index (χ3v) is 7.69. The van der Waals surface area contributed by atoms with Crippen LogP contribution in [0, 0.1) is 6.92 Å². The van der Waals surface area contributed by atoms with Gasteiger partial charge in [0.25, 0.3) is 0 Å². The van der Waals surface area contributed by atoms with Gasteiger partial charge in [0.05, 0.1) is 11.5 Å². The number of aromatic nitrogens is 2. The highest BCUT2D eigenvalue weighted by Gasteiger charge is 2.29. The fourth-order valence-electron chi connectivity index (χ4n) is 5.09. The Labute approximate surface area is 182 Å². The molecular weight excluding hydrogens is 392 g/mol. The maximum absolute atomic E-state index is 10.3. The molecule has 6 heteroatoms. The highest BCUT2D eigenvalue weighted by Crippen LogP contribution is 2.41. The Bertz CT molecular complexity index is 997. The van der Waals surface area contributed by atoms with Gasteiger partial charge in [-0.15, -0.1) is 11.3 Å². The number of benzene rings is 1. The number of aryl methyl sites for hydroxylation is 1. The fourth-order valence-corrected chi connectivity index (χ4v) is 6.09. The number of thiophene rings is 1. The minimum atomic E-state index is -0.180. The molecular formula is C24H30N4OS. The minimum absolute atomic E-state index is 0.180. The zero-order valence-electron chi connectivity index (χ0n) is 17.6. The van der Waals surface area contributed by atoms with Crippen LogP contribution in [0.3, 0.4) is 0 Å². The lowest BCUT2D eigenvalue weighted by atomic mass is 9.91. The number of nitrogens with one attached hydrogen (secondary N) is 1. The molecule has 2 unspecified atom stereocenters. The summed E-state index contributed by atoms with van der Waals surface area (Å²) in [6.45, 7) is 4.15. The predicted molar refractivity (Wildman–Crippen MR) is 124 cm³/mol. The van der Waals surface area contributed by atoms with Gasteiger partial charge in [0, 0.05) is 35.6 Å². The zero-order valence-corrected chi connectivity index (χ0v) is 18.4. The number of rotatable bonds is 4. The summed E-state index contributed by atoms with van der Waals surface area (Å²) in [6.07, 6.45) is 8.12. The molecule has 3 aromatic rings. The summed E-state index contributed by atoms with van der Waals surface area (Å²) in [5.74, 6) is 1.07. The molecule has 158 valence electrons. The second kappa shape index (κ2) is 8.61. The van der Waals surface area contributed by atoms with Crippen molar-refractivity contribution in [2.45, 2.75) is 63.6 Å². The SMILES string of the molecule is Cc1sc2ncnc(N3CCC(NC4CCCCC4O)CC3)c2c1-c1ccccc1. The standard InChI is InChI=1S/C24H30N4OS/c1-16-21(17-7-3-2-4-8-17)22-23(25-15-26-24(22)30-16)28-13-11-18(12-14-28)27-19-9-5-6-10-20(19)29/h2-4,7-8,15,18-20,27,29H,5-6,9-14H2,1H3. The Balaban J connectivity index is 1.37. The Kier molecular flexibility index (Phi) is 5.72. The van der Waals surface area contributed by atoms with Crippen molar-refractivity contribution in [3.05, 3.63) is 41.5 Å². The largest absolute Gasteiger partial charge is 0.392 e. The van der Waals surface area contributed by atoms with E-state index >= 15 is 0 Å². The number of piperidine rings is 1. The summed E-state index contributed by atoms with van der Waals surface area (Å²) in [7, 11) is 0. The second-order valence-electron chi connectivity index (χ2n) is 8.66. The molecule has 2 aromatic heterocycles. The van der Waals surface area contributed by atoms with E-state index in [0.717, 1.165) is 55.8 Å². The maximum Gasteiger partial charge on any atom is 0.141 e. The Morgan fingerprint density at radius 3 is 2.57 bits per heavy atom. The van der Waals surface area contributed by atoms with Crippen molar-refractivity contribution in [3.63, 3.8) is 0 Å². The summed E-state index contributed by atoms with van der Waals surface area (Å²) in [5.41, 5.74) is 2.51. The molecule has 1 aliphatic heterocycles. The fraction of sp³-hybridized carbons (Fsp3) is 0.500. The quantitative estimate of drug-likeness (QED) is 0.647. The van der Waals surface area contributed by atoms with Gasteiger partial charge >= 0.3 is 0 Å². The highest BCUT2D eigenvalue weighted by molar-refractivity contribution is 7.19. The normalized spacial score (nSPS) is 23.2. The first-order valence-corrected chi connectivity index (χ1v) is 12.0. The van der Waals surface area contributed by atoms with E-state index in [9.17, 15) is 5.11 Å². The van der Waals surface area contributed by atoms with Crippen LogP contribution in [-0.4, -0.2) is 46.4 Å². The molecule has 1 saturated heterocycles. The van der Waals surface area contributed by atoms with Crippen LogP contribution in [0.2, 0.25) is 0 Å². The lowest BCUT2D eigenvalue weighted by Crippen LogP contribution is -2.51. The van der Waals surface area contributed by atoms with Crippen LogP contribution in [0.4, 0.5) is 5.82 Å². The highest BCUT2D eigenvalue weighted by atomic mass is 32.1. The van der Waals surface area contributed by atoms with Crippen LogP contribution < -0.4 is 10.2 Å². The van der Waals surface area contributed by atoms with E-state index in [1.165, 1.54) is 27.8 Å². The van der Waals surface area contributed by atoms with Crippen molar-refractivity contribution in [2.75, 3.05) is 18.0 Å². The number of aliphatic hydroxyl groups excluding tert-OH is 1. The van der Waals surface area contributed by atoms with Crippen molar-refractivity contribution in [1.82, 2.24) is 15.3 Å². The summed E-state index contributed by atoms with van der Waals surface area (Å²) in [5, 5.41) is 15.2. The van der Waals surface area contributed by atoms with Crippen molar-refractivity contribution >= 4 is 27.4 Å². The van der Waals surface area contributed by atoms with Gasteiger partial charge in [-0.3, -0.25) is 0 Å². The molecule has 0 radical (unpaired) electrons. The maximum atomic E-state index is 10.3. The molecule has 3 heterocycles. The molecule has 2 N–H and O–H groups in total. The average molecular weight is 423 g/mol. The number of aliphatic hydroxyl groups is 1. The molecule has 2 fully saturated rings. The molecule has 0 spiro atoms. The van der Waals surface area contributed by atoms with E-state index < -0.39 is 0 Å². The average Bonchev–Trinajstić information content (AvgIpc) is 3.12. The molecule has 30 heavy (non-hydrogen) atoms. The molecule has 5 nitrogen and oxygen atoms in total. The van der Waals surface area contributed by atoms with Crippen molar-refractivity contribution in [3.8, 4) is 11.1 Å². The Morgan fingerprint density at radius 2 is 1.80 bits per heavy atom. The van der Waals surface area contributed by atoms with E-state index in [1.54, 1.807) is 17.7 Å². The molecule has 1 saturated carbocycles. The Hall–Kier alpha value is -2.02. The van der Waals surface area contributed by atoms with Gasteiger partial charge in [-0.2, -0.15) is 0 Å². The summed E-state index contributed by atoms with van der Waals surface area (Å²) in [4.78, 5) is 14.1. The van der Waals surface area contributed by atoms with Crippen molar-refractivity contribution in [1.29, 1.82) is 0 Å². The molecule has 1 aromatic carbocycles. The van der Waals surface area contributed by atoms with Crippen LogP contribution in [0.5, 0.6) is 0 Å². The number of hydrogen-bond acceptors (Lipinski definition) is 6. The summed E-state index contributed by atoms with van der Waals surface area (Å²) >= 11 is 1.76. The summed E-state index contributed by atoms with van der Waals surface area (Å²) in [6, 6.07) is 11.4. The third-order valence-electron chi connectivity index (χ3n) is 6.68. The lowest BCUT2D eigenvalue weighted by molar-refractivity contribution is 0.0828. The zero-order chi connectivity index (χ0) is 20.5. The van der Waals surface area contributed by atoms with Gasteiger partial charge in [-0.1, -0.05) is 43.2 Å². The van der Waals surface area contributed by atoms with Crippen LogP contribution in [0.25, 0.3) is 21.3 Å². The van der Waals surface area contributed by atoms with Gasteiger partial charge in [-0.05, 0) is 38.2 Å². The molecule has 0 bridgehead atoms. The Morgan fingerprint density at radius 1 is 1.03 bits per heavy atom. The third kappa shape index (κ3) is 3.84. The topological polar surface area (TPSA) is 61.3 Å². The number of fused-ring (bicyclic) bond motifs is 1. The summed E-state index contributed by atoms with van der Waals surface area (Å²) < 4.78 is 0. The van der Waals surface area contributed by atoms with Gasteiger partial charge in [-0.25, -0.2) is 9.97 Å². The first-order valence-electron chi connectivity index (χ1n) is 11.2. The lowest BCUT2D eigenvalue weighted by Gasteiger charge is -2.37. The number of hydrogen-bond donors (Lipinski definition) is 2. The molecule has 0 amide bonds. The molecule has 2 aliphatic rings. The van der Waals surface area contributed by atoms with Crippen LogP contribution in [-0.2, 0) is 0 Å². The van der Waals surface area contributed by atoms with E-state index in [0.29, 0.717) is 6.04 Å². The van der Waals surface area contributed by atoms with E-state index in [2.05, 4.69) is 52.5 Å². The monoisotopic (exact) mass is 422 g/mol. The molecule has 2 atom stereocenters. The molecule has 5 rings (SSSR count). The molecule has 1 aliphatic carbocycles. The van der Waals surface area contributed by atoms with Crippen molar-refractivity contribution in [2.24, 2.45) is 0 Å². The van der Waals surface area contributed by atoms with E-state index in [4.69, 9.17) is 4.98 Å². The van der Waals surface area contributed by atoms with E-state index in [1.807, 2.05) is 0 Å². The van der Waals surface area contributed by atoms with Crippen LogP contribution >= 0.6 is 11.3 Å². The first-order chi connectivity index (χ1) is 14.7. The smallest absolute Gasteiger partial charge is 0.141 e. The van der Waals surface area contributed by atoms with Crippen LogP contribution in [0.1, 0.15) is 43.4 Å². The van der Waals surface area contributed by atoms with Crippen molar-refractivity contribution < 1.29 is 5.11 Å². The predicted octanol–water partition coefficient (Wildman–Crippen LogP) is 4.53. The van der Waals surface area contributed by atoms with Gasteiger partial charge in [0.2, 0.25) is 0 Å². The van der Waals surface area contributed by atoms with E-state index in [-0.39, 0.29) is 12.1 Å².